The van der Waals surface area contributed by atoms with Gasteiger partial charge in [0, 0.05) is 37.3 Å². The molecule has 0 bridgehead atoms. The highest BCUT2D eigenvalue weighted by Gasteiger charge is 2.33. The molecule has 3 aliphatic rings. The van der Waals surface area contributed by atoms with Gasteiger partial charge < -0.3 is 24.4 Å². The molecule has 0 aromatic rings. The van der Waals surface area contributed by atoms with Crippen molar-refractivity contribution >= 4 is 17.7 Å². The normalized spacial score (nSPS) is 14.8. The van der Waals surface area contributed by atoms with Crippen LogP contribution in [0.5, 0.6) is 5.75 Å². The highest BCUT2D eigenvalue weighted by molar-refractivity contribution is 6.08. The molecule has 1 saturated heterocycles. The molecule has 0 aromatic heterocycles. The molecular weight excluding hydrogens is 372 g/mol. The van der Waals surface area contributed by atoms with Crippen LogP contribution in [0, 0.1) is 0 Å². The number of nitrogens with zero attached hydrogens (tertiary/aromatic N) is 2. The van der Waals surface area contributed by atoms with E-state index in [0.717, 1.165) is 5.56 Å². The maximum atomic E-state index is 12.5. The molecule has 7 nitrogen and oxygen atoms in total. The van der Waals surface area contributed by atoms with Crippen LogP contribution in [0.3, 0.4) is 0 Å². The fraction of sp³-hybridized carbons (Fsp3) is 0.455. The topological polar surface area (TPSA) is 79.3 Å². The number of esters is 1. The Morgan fingerprint density at radius 2 is 1.66 bits per heavy atom. The molecule has 0 radical (unpaired) electrons. The number of ether oxygens (including phenoxy) is 2. The lowest BCUT2D eigenvalue weighted by molar-refractivity contribution is 0.0240. The number of hydrogen-bond acceptors (Lipinski definition) is 6. The van der Waals surface area contributed by atoms with Gasteiger partial charge in [0.25, 0.3) is 0 Å². The predicted molar refractivity (Wildman–Crippen MR) is 111 cm³/mol. The summed E-state index contributed by atoms with van der Waals surface area (Å²) >= 11 is 0. The Morgan fingerprint density at radius 3 is 2.24 bits per heavy atom. The van der Waals surface area contributed by atoms with Crippen LogP contribution in [-0.4, -0.2) is 60.5 Å². The van der Waals surface area contributed by atoms with Gasteiger partial charge in [0.2, 0.25) is 0 Å². The van der Waals surface area contributed by atoms with Gasteiger partial charge >= 0.3 is 12.1 Å². The second-order valence-corrected chi connectivity index (χ2v) is 7.99. The van der Waals surface area contributed by atoms with Gasteiger partial charge in [-0.3, -0.25) is 0 Å². The highest BCUT2D eigenvalue weighted by Crippen LogP contribution is 2.47. The number of fused-ring (bicyclic) bond motifs is 1. The van der Waals surface area contributed by atoms with Gasteiger partial charge in [-0.2, -0.15) is 0 Å². The van der Waals surface area contributed by atoms with E-state index in [-0.39, 0.29) is 24.0 Å². The summed E-state index contributed by atoms with van der Waals surface area (Å²) in [7, 11) is 0. The zero-order chi connectivity index (χ0) is 21.2. The molecule has 0 unspecified atom stereocenters. The summed E-state index contributed by atoms with van der Waals surface area (Å²) in [4.78, 5) is 28.5. The van der Waals surface area contributed by atoms with Crippen LogP contribution in [0.4, 0.5) is 10.5 Å². The lowest BCUT2D eigenvalue weighted by Gasteiger charge is -2.36. The third-order valence-electron chi connectivity index (χ3n) is 4.75. The van der Waals surface area contributed by atoms with E-state index >= 15 is 0 Å². The van der Waals surface area contributed by atoms with Gasteiger partial charge in [-0.15, -0.1) is 0 Å². The van der Waals surface area contributed by atoms with Crippen molar-refractivity contribution < 1.29 is 24.2 Å². The fourth-order valence-corrected chi connectivity index (χ4v) is 3.51. The maximum absolute atomic E-state index is 12.5. The lowest BCUT2D eigenvalue weighted by atomic mass is 10.1. The van der Waals surface area contributed by atoms with Crippen LogP contribution in [0.2, 0.25) is 0 Å². The van der Waals surface area contributed by atoms with Crippen molar-refractivity contribution in [3.63, 3.8) is 0 Å². The monoisotopic (exact) mass is 400 g/mol. The second-order valence-electron chi connectivity index (χ2n) is 7.99. The van der Waals surface area contributed by atoms with Crippen molar-refractivity contribution in [2.75, 3.05) is 37.7 Å². The first-order chi connectivity index (χ1) is 13.7. The summed E-state index contributed by atoms with van der Waals surface area (Å²) in [6, 6.07) is 9.26. The van der Waals surface area contributed by atoms with Gasteiger partial charge in [-0.25, -0.2) is 9.59 Å². The molecule has 0 atom stereocenters. The van der Waals surface area contributed by atoms with E-state index in [1.165, 1.54) is 0 Å². The number of piperazine rings is 1. The number of aromatic hydroxyl groups is 1. The smallest absolute Gasteiger partial charge is 0.410 e. The molecule has 1 fully saturated rings. The Labute approximate surface area is 171 Å². The van der Waals surface area contributed by atoms with Gasteiger partial charge in [0.05, 0.1) is 12.3 Å². The number of rotatable bonds is 3. The Bertz CT molecular complexity index is 866. The minimum Gasteiger partial charge on any atom is -0.505 e. The van der Waals surface area contributed by atoms with E-state index in [9.17, 15) is 14.7 Å². The molecule has 1 N–H and O–H groups in total. The molecule has 1 heterocycles. The number of carbonyl (C=O) groups excluding carboxylic acids is 2. The Kier molecular flexibility index (Phi) is 5.86. The molecule has 156 valence electrons. The second kappa shape index (κ2) is 8.19. The van der Waals surface area contributed by atoms with Crippen molar-refractivity contribution in [3.8, 4) is 16.9 Å². The SMILES string of the molecule is CCOC(=O)c1c2cccccc-2c(N2CCN(C(=O)OC(C)(C)C)CC2)c1O. The molecule has 29 heavy (non-hydrogen) atoms. The molecule has 7 heteroatoms. The van der Waals surface area contributed by atoms with Gasteiger partial charge in [-0.1, -0.05) is 30.3 Å². The standard InChI is InChI=1S/C22H28N2O5/c1-5-28-20(26)17-15-9-7-6-8-10-16(15)18(19(17)25)23-11-13-24(14-12-23)21(27)29-22(2,3)4/h6-10,25H,5,11-14H2,1-4H3. The van der Waals surface area contributed by atoms with Crippen LogP contribution in [0.15, 0.2) is 30.3 Å². The largest absolute Gasteiger partial charge is 0.505 e. The number of carbonyl (C=O) groups is 2. The maximum Gasteiger partial charge on any atom is 0.410 e. The van der Waals surface area contributed by atoms with Crippen LogP contribution in [0.25, 0.3) is 11.1 Å². The van der Waals surface area contributed by atoms with Crippen LogP contribution in [-0.2, 0) is 9.47 Å². The zero-order valence-corrected chi connectivity index (χ0v) is 17.4. The first-order valence-corrected chi connectivity index (χ1v) is 9.86. The van der Waals surface area contributed by atoms with Crippen molar-refractivity contribution in [3.05, 3.63) is 35.9 Å². The van der Waals surface area contributed by atoms with E-state index in [4.69, 9.17) is 9.47 Å². The third kappa shape index (κ3) is 4.39. The minimum atomic E-state index is -0.544. The van der Waals surface area contributed by atoms with E-state index in [2.05, 4.69) is 0 Å². The summed E-state index contributed by atoms with van der Waals surface area (Å²) in [5.41, 5.74) is 1.67. The molecule has 1 aliphatic heterocycles. The number of hydrogen-bond donors (Lipinski definition) is 1. The summed E-state index contributed by atoms with van der Waals surface area (Å²) in [6.45, 7) is 9.46. The average molecular weight is 400 g/mol. The Morgan fingerprint density at radius 1 is 1.03 bits per heavy atom. The first-order valence-electron chi connectivity index (χ1n) is 9.86. The van der Waals surface area contributed by atoms with E-state index in [1.807, 2.05) is 56.0 Å². The Hall–Kier alpha value is -2.96. The number of anilines is 1. The van der Waals surface area contributed by atoms with Crippen molar-refractivity contribution in [2.45, 2.75) is 33.3 Å². The lowest BCUT2D eigenvalue weighted by Crippen LogP contribution is -2.50. The molecule has 0 saturated carbocycles. The minimum absolute atomic E-state index is 0.0737. The zero-order valence-electron chi connectivity index (χ0n) is 17.4. The van der Waals surface area contributed by atoms with Gasteiger partial charge in [0.15, 0.2) is 5.75 Å². The Balaban J connectivity index is 1.87. The molecular formula is C22H28N2O5. The van der Waals surface area contributed by atoms with Gasteiger partial charge in [0.1, 0.15) is 11.2 Å². The van der Waals surface area contributed by atoms with Crippen molar-refractivity contribution in [1.29, 1.82) is 0 Å². The molecule has 1 amide bonds. The molecule has 0 spiro atoms. The van der Waals surface area contributed by atoms with Crippen molar-refractivity contribution in [1.82, 2.24) is 4.90 Å². The van der Waals surface area contributed by atoms with E-state index in [1.54, 1.807) is 11.8 Å². The van der Waals surface area contributed by atoms with E-state index < -0.39 is 11.6 Å². The first kappa shape index (κ1) is 20.8. The van der Waals surface area contributed by atoms with Crippen LogP contribution >= 0.6 is 0 Å². The molecule has 2 aliphatic carbocycles. The average Bonchev–Trinajstić information content (AvgIpc) is 2.78. The van der Waals surface area contributed by atoms with Gasteiger partial charge in [-0.05, 0) is 27.7 Å². The number of amides is 1. The molecule has 0 aromatic carbocycles. The summed E-state index contributed by atoms with van der Waals surface area (Å²) in [6.07, 6.45) is -0.340. The highest BCUT2D eigenvalue weighted by atomic mass is 16.6. The van der Waals surface area contributed by atoms with Crippen LogP contribution < -0.4 is 4.90 Å². The summed E-state index contributed by atoms with van der Waals surface area (Å²) < 4.78 is 10.6. The van der Waals surface area contributed by atoms with Crippen molar-refractivity contribution in [2.24, 2.45) is 0 Å². The van der Waals surface area contributed by atoms with E-state index in [0.29, 0.717) is 37.4 Å². The van der Waals surface area contributed by atoms with Crippen LogP contribution in [0.1, 0.15) is 38.1 Å². The summed E-state index contributed by atoms with van der Waals surface area (Å²) in [5, 5.41) is 10.9. The molecule has 3 rings (SSSR count). The fourth-order valence-electron chi connectivity index (χ4n) is 3.51. The third-order valence-corrected chi connectivity index (χ3v) is 4.75. The summed E-state index contributed by atoms with van der Waals surface area (Å²) in [5.74, 6) is -0.616. The predicted octanol–water partition coefficient (Wildman–Crippen LogP) is 3.73. The quantitative estimate of drug-likeness (QED) is 0.791.